The first-order valence-electron chi connectivity index (χ1n) is 10.9. The Morgan fingerprint density at radius 1 is 1.23 bits per heavy atom. The second-order valence-corrected chi connectivity index (χ2v) is 9.07. The molecule has 158 valence electrons. The van der Waals surface area contributed by atoms with E-state index in [2.05, 4.69) is 22.3 Å². The van der Waals surface area contributed by atoms with Crippen LogP contribution in [0.15, 0.2) is 36.9 Å². The van der Waals surface area contributed by atoms with Gasteiger partial charge in [0.2, 0.25) is 5.91 Å². The molecule has 0 radical (unpaired) electrons. The maximum Gasteiger partial charge on any atom is 0.248 e. The highest BCUT2D eigenvalue weighted by atomic mass is 16.5. The summed E-state index contributed by atoms with van der Waals surface area (Å²) in [7, 11) is 0. The molecule has 3 fully saturated rings. The number of nitrogens with zero attached hydrogens (tertiary/aromatic N) is 6. The monoisotopic (exact) mass is 416 g/mol. The fraction of sp³-hybridized carbons (Fsp3) is 0.478. The molecule has 5 heterocycles. The molecule has 0 unspecified atom stereocenters. The molecule has 0 N–H and O–H groups in total. The highest BCUT2D eigenvalue weighted by Gasteiger charge is 2.61. The van der Waals surface area contributed by atoms with Gasteiger partial charge in [0.1, 0.15) is 5.41 Å². The summed E-state index contributed by atoms with van der Waals surface area (Å²) in [4.78, 5) is 15.3. The molecule has 8 heteroatoms. The smallest absolute Gasteiger partial charge is 0.248 e. The van der Waals surface area contributed by atoms with Crippen molar-refractivity contribution < 1.29 is 9.53 Å². The standard InChI is InChI=1S/C23H24N6O2/c1-15-10-27(22(30)23(15,14-24)18-2-3-18)20-4-6-25-29-11-16(8-21(20)29)17-9-26-28(12-17)19-5-7-31-13-19/h4,6,8-9,11-12,15,18-19H,2-3,5,7,10,13H2,1H3/t15-,19-,23+/m1/s1. The summed E-state index contributed by atoms with van der Waals surface area (Å²) < 4.78 is 9.26. The molecule has 0 bridgehead atoms. The van der Waals surface area contributed by atoms with E-state index in [1.165, 1.54) is 0 Å². The van der Waals surface area contributed by atoms with Crippen LogP contribution in [0.4, 0.5) is 5.69 Å². The Hall–Kier alpha value is -3.18. The van der Waals surface area contributed by atoms with E-state index < -0.39 is 5.41 Å². The summed E-state index contributed by atoms with van der Waals surface area (Å²) in [6.45, 7) is 4.06. The fourth-order valence-electron chi connectivity index (χ4n) is 5.31. The van der Waals surface area contributed by atoms with Crippen molar-refractivity contribution in [3.8, 4) is 17.2 Å². The quantitative estimate of drug-likeness (QED) is 0.652. The second-order valence-electron chi connectivity index (χ2n) is 9.07. The van der Waals surface area contributed by atoms with Gasteiger partial charge < -0.3 is 9.64 Å². The average Bonchev–Trinajstić information content (AvgIpc) is 3.20. The van der Waals surface area contributed by atoms with Crippen molar-refractivity contribution in [2.45, 2.75) is 32.2 Å². The molecule has 31 heavy (non-hydrogen) atoms. The van der Waals surface area contributed by atoms with Crippen molar-refractivity contribution >= 4 is 17.1 Å². The Morgan fingerprint density at radius 3 is 2.84 bits per heavy atom. The van der Waals surface area contributed by atoms with E-state index in [-0.39, 0.29) is 23.8 Å². The summed E-state index contributed by atoms with van der Waals surface area (Å²) in [5.74, 6) is 0.137. The second kappa shape index (κ2) is 6.66. The molecule has 6 rings (SSSR count). The highest BCUT2D eigenvalue weighted by molar-refractivity contribution is 6.05. The Morgan fingerprint density at radius 2 is 2.10 bits per heavy atom. The fourth-order valence-corrected chi connectivity index (χ4v) is 5.31. The molecule has 3 aromatic rings. The van der Waals surface area contributed by atoms with Crippen molar-refractivity contribution in [2.24, 2.45) is 17.3 Å². The topological polar surface area (TPSA) is 88.4 Å². The van der Waals surface area contributed by atoms with E-state index >= 15 is 0 Å². The van der Waals surface area contributed by atoms with E-state index in [1.54, 1.807) is 11.1 Å². The molecule has 2 saturated heterocycles. The van der Waals surface area contributed by atoms with Gasteiger partial charge in [-0.25, -0.2) is 4.52 Å². The van der Waals surface area contributed by atoms with Gasteiger partial charge in [-0.05, 0) is 37.3 Å². The molecule has 1 amide bonds. The third-order valence-corrected chi connectivity index (χ3v) is 7.23. The minimum Gasteiger partial charge on any atom is -0.379 e. The van der Waals surface area contributed by atoms with Crippen molar-refractivity contribution in [3.05, 3.63) is 36.9 Å². The van der Waals surface area contributed by atoms with Crippen molar-refractivity contribution in [1.29, 1.82) is 5.26 Å². The van der Waals surface area contributed by atoms with E-state index in [1.807, 2.05) is 40.8 Å². The third-order valence-electron chi connectivity index (χ3n) is 7.23. The molecule has 1 aliphatic carbocycles. The van der Waals surface area contributed by atoms with Gasteiger partial charge in [0, 0.05) is 48.8 Å². The maximum absolute atomic E-state index is 13.5. The third kappa shape index (κ3) is 2.66. The lowest BCUT2D eigenvalue weighted by Crippen LogP contribution is -2.37. The molecule has 8 nitrogen and oxygen atoms in total. The first kappa shape index (κ1) is 18.6. The summed E-state index contributed by atoms with van der Waals surface area (Å²) in [5.41, 5.74) is 2.79. The van der Waals surface area contributed by atoms with Crippen molar-refractivity contribution in [3.63, 3.8) is 0 Å². The van der Waals surface area contributed by atoms with Gasteiger partial charge in [-0.1, -0.05) is 6.92 Å². The summed E-state index contributed by atoms with van der Waals surface area (Å²) in [5, 5.41) is 18.9. The Labute approximate surface area is 180 Å². The Balaban J connectivity index is 1.37. The lowest BCUT2D eigenvalue weighted by Gasteiger charge is -2.23. The minimum atomic E-state index is -0.889. The first-order chi connectivity index (χ1) is 15.1. The van der Waals surface area contributed by atoms with E-state index in [4.69, 9.17) is 4.74 Å². The van der Waals surface area contributed by atoms with Crippen LogP contribution in [0.3, 0.4) is 0 Å². The normalized spacial score (nSPS) is 28.5. The Kier molecular flexibility index (Phi) is 3.99. The van der Waals surface area contributed by atoms with Crippen LogP contribution >= 0.6 is 0 Å². The van der Waals surface area contributed by atoms with Crippen LogP contribution in [0.25, 0.3) is 16.6 Å². The van der Waals surface area contributed by atoms with E-state index in [9.17, 15) is 10.1 Å². The largest absolute Gasteiger partial charge is 0.379 e. The van der Waals surface area contributed by atoms with Crippen molar-refractivity contribution in [2.75, 3.05) is 24.7 Å². The number of nitriles is 1. The SMILES string of the molecule is C[C@@H]1CN(c2ccnn3cc(-c4cnn([C@@H]5CCOC5)c4)cc23)C(=O)[C@]1(C#N)C1CC1. The van der Waals surface area contributed by atoms with Gasteiger partial charge in [0.15, 0.2) is 0 Å². The first-order valence-corrected chi connectivity index (χ1v) is 10.9. The zero-order chi connectivity index (χ0) is 21.2. The lowest BCUT2D eigenvalue weighted by atomic mass is 9.75. The molecular weight excluding hydrogens is 392 g/mol. The van der Waals surface area contributed by atoms with Crippen LogP contribution in [0, 0.1) is 28.6 Å². The van der Waals surface area contributed by atoms with Crippen LogP contribution in [-0.2, 0) is 9.53 Å². The highest BCUT2D eigenvalue weighted by Crippen LogP contribution is 2.54. The van der Waals surface area contributed by atoms with Gasteiger partial charge in [0.25, 0.3) is 0 Å². The molecule has 0 spiro atoms. The average molecular weight is 416 g/mol. The number of fused-ring (bicyclic) bond motifs is 1. The summed E-state index contributed by atoms with van der Waals surface area (Å²) >= 11 is 0. The predicted molar refractivity (Wildman–Crippen MR) is 113 cm³/mol. The molecule has 2 aliphatic heterocycles. The number of amides is 1. The zero-order valence-electron chi connectivity index (χ0n) is 17.4. The van der Waals surface area contributed by atoms with Gasteiger partial charge in [-0.15, -0.1) is 0 Å². The summed E-state index contributed by atoms with van der Waals surface area (Å²) in [6.07, 6.45) is 10.5. The molecule has 1 saturated carbocycles. The molecule has 3 atom stereocenters. The number of anilines is 1. The number of hydrogen-bond acceptors (Lipinski definition) is 5. The number of hydrogen-bond donors (Lipinski definition) is 0. The number of carbonyl (C=O) groups excluding carboxylic acids is 1. The summed E-state index contributed by atoms with van der Waals surface area (Å²) in [6, 6.07) is 6.62. The lowest BCUT2D eigenvalue weighted by molar-refractivity contribution is -0.124. The van der Waals surface area contributed by atoms with E-state index in [0.29, 0.717) is 13.2 Å². The van der Waals surface area contributed by atoms with Gasteiger partial charge in [0.05, 0.1) is 36.1 Å². The molecular formula is C23H24N6O2. The van der Waals surface area contributed by atoms with E-state index in [0.717, 1.165) is 48.2 Å². The number of aromatic nitrogens is 4. The van der Waals surface area contributed by atoms with Gasteiger partial charge >= 0.3 is 0 Å². The van der Waals surface area contributed by atoms with Crippen LogP contribution in [0.2, 0.25) is 0 Å². The number of ether oxygens (including phenoxy) is 1. The van der Waals surface area contributed by atoms with Crippen LogP contribution in [-0.4, -0.2) is 45.1 Å². The maximum atomic E-state index is 13.5. The zero-order valence-corrected chi connectivity index (χ0v) is 17.4. The Bertz CT molecular complexity index is 1210. The van der Waals surface area contributed by atoms with Gasteiger partial charge in [-0.3, -0.25) is 9.48 Å². The minimum absolute atomic E-state index is 0.00649. The number of carbonyl (C=O) groups is 1. The molecule has 3 aromatic heterocycles. The molecule has 3 aliphatic rings. The molecule has 0 aromatic carbocycles. The van der Waals surface area contributed by atoms with Crippen molar-refractivity contribution in [1.82, 2.24) is 19.4 Å². The predicted octanol–water partition coefficient (Wildman–Crippen LogP) is 3.06. The van der Waals surface area contributed by atoms with Gasteiger partial charge in [-0.2, -0.15) is 15.5 Å². The number of rotatable bonds is 4. The van der Waals surface area contributed by atoms with Crippen LogP contribution < -0.4 is 4.90 Å². The van der Waals surface area contributed by atoms with Crippen LogP contribution in [0.1, 0.15) is 32.2 Å². The van der Waals surface area contributed by atoms with Crippen LogP contribution in [0.5, 0.6) is 0 Å².